The molecule has 0 fully saturated rings. The van der Waals surface area contributed by atoms with E-state index in [9.17, 15) is 22.8 Å². The molecule has 3 aromatic rings. The van der Waals surface area contributed by atoms with Crippen molar-refractivity contribution in [3.05, 3.63) is 62.6 Å². The molecule has 1 unspecified atom stereocenters. The molecule has 1 amide bonds. The molecule has 0 aromatic carbocycles. The highest BCUT2D eigenvalue weighted by molar-refractivity contribution is 6.32. The largest absolute Gasteiger partial charge is 0.408 e. The Morgan fingerprint density at radius 1 is 1.28 bits per heavy atom. The summed E-state index contributed by atoms with van der Waals surface area (Å²) in [4.78, 5) is 33.5. The van der Waals surface area contributed by atoms with Crippen molar-refractivity contribution in [2.24, 2.45) is 0 Å². The van der Waals surface area contributed by atoms with Crippen molar-refractivity contribution in [2.75, 3.05) is 0 Å². The molecular weight excluding hydrogens is 432 g/mol. The van der Waals surface area contributed by atoms with Gasteiger partial charge in [0, 0.05) is 12.4 Å². The molecule has 3 heterocycles. The zero-order valence-corrected chi connectivity index (χ0v) is 16.3. The van der Waals surface area contributed by atoms with Crippen LogP contribution in [0.4, 0.5) is 13.2 Å². The Morgan fingerprint density at radius 2 is 2.00 bits per heavy atom. The molecule has 6 nitrogen and oxygen atoms in total. The van der Waals surface area contributed by atoms with E-state index in [-0.39, 0.29) is 33.4 Å². The maximum atomic E-state index is 13.0. The predicted molar refractivity (Wildman–Crippen MR) is 103 cm³/mol. The maximum absolute atomic E-state index is 13.0. The number of hydrogen-bond donors (Lipinski definition) is 1. The lowest BCUT2D eigenvalue weighted by Crippen LogP contribution is -2.46. The Bertz CT molecular complexity index is 1150. The highest BCUT2D eigenvalue weighted by Crippen LogP contribution is 2.24. The molecule has 29 heavy (non-hydrogen) atoms. The number of carbonyl (C=O) groups excluding carboxylic acids is 1. The van der Waals surface area contributed by atoms with Gasteiger partial charge in [0.1, 0.15) is 16.8 Å². The molecule has 0 aliphatic rings. The lowest BCUT2D eigenvalue weighted by molar-refractivity contribution is -0.153. The van der Waals surface area contributed by atoms with Gasteiger partial charge in [0.2, 0.25) is 5.43 Å². The highest BCUT2D eigenvalue weighted by atomic mass is 35.5. The molecule has 0 spiro atoms. The maximum Gasteiger partial charge on any atom is 0.408 e. The number of nitrogens with zero attached hydrogens (tertiary/aromatic N) is 3. The molecule has 0 aliphatic carbocycles. The molecule has 3 rings (SSSR count). The van der Waals surface area contributed by atoms with Gasteiger partial charge in [-0.25, -0.2) is 9.97 Å². The van der Waals surface area contributed by atoms with Gasteiger partial charge in [-0.3, -0.25) is 14.2 Å². The molecule has 0 saturated carbocycles. The van der Waals surface area contributed by atoms with Crippen LogP contribution in [0.5, 0.6) is 0 Å². The fourth-order valence-electron chi connectivity index (χ4n) is 2.71. The van der Waals surface area contributed by atoms with Crippen molar-refractivity contribution < 1.29 is 18.0 Å². The molecular formula is C18H13Cl2F3N4O2. The van der Waals surface area contributed by atoms with E-state index < -0.39 is 29.1 Å². The lowest BCUT2D eigenvalue weighted by atomic mass is 10.1. The van der Waals surface area contributed by atoms with Crippen molar-refractivity contribution in [1.29, 1.82) is 0 Å². The van der Waals surface area contributed by atoms with E-state index in [0.717, 1.165) is 6.20 Å². The Hall–Kier alpha value is -2.65. The lowest BCUT2D eigenvalue weighted by Gasteiger charge is -2.20. The summed E-state index contributed by atoms with van der Waals surface area (Å²) >= 11 is 12.1. The molecule has 0 bridgehead atoms. The third kappa shape index (κ3) is 4.20. The van der Waals surface area contributed by atoms with Crippen molar-refractivity contribution in [3.8, 4) is 5.82 Å². The minimum absolute atomic E-state index is 0.0242. The molecule has 3 aromatic heterocycles. The minimum atomic E-state index is -4.65. The standard InChI is InChI=1S/C18H13Cl2F3N4O2/c1-2-12(18(21,22)23)25-17(29)10-8-27(16-11(19)4-3-7-24-16)15-9(14(10)28)5-6-13(20)26-15/h3-8,12H,2H2,1H3,(H,25,29). The van der Waals surface area contributed by atoms with Crippen LogP contribution < -0.4 is 10.7 Å². The Labute approximate surface area is 172 Å². The first-order chi connectivity index (χ1) is 13.6. The zero-order chi connectivity index (χ0) is 21.3. The highest BCUT2D eigenvalue weighted by Gasteiger charge is 2.39. The first-order valence-corrected chi connectivity index (χ1v) is 9.09. The summed E-state index contributed by atoms with van der Waals surface area (Å²) in [6, 6.07) is 3.66. The fourth-order valence-corrected chi connectivity index (χ4v) is 3.06. The molecule has 0 radical (unpaired) electrons. The number of amides is 1. The van der Waals surface area contributed by atoms with E-state index in [1.54, 1.807) is 6.07 Å². The van der Waals surface area contributed by atoms with Gasteiger partial charge in [-0.1, -0.05) is 30.1 Å². The summed E-state index contributed by atoms with van der Waals surface area (Å²) in [6.45, 7) is 1.27. The van der Waals surface area contributed by atoms with Gasteiger partial charge < -0.3 is 5.32 Å². The Balaban J connectivity index is 2.23. The molecule has 152 valence electrons. The van der Waals surface area contributed by atoms with Crippen molar-refractivity contribution in [3.63, 3.8) is 0 Å². The number of aromatic nitrogens is 3. The first kappa shape index (κ1) is 21.1. The number of nitrogens with one attached hydrogen (secondary N) is 1. The van der Waals surface area contributed by atoms with Gasteiger partial charge in [-0.2, -0.15) is 13.2 Å². The van der Waals surface area contributed by atoms with E-state index >= 15 is 0 Å². The smallest absolute Gasteiger partial charge is 0.340 e. The summed E-state index contributed by atoms with van der Waals surface area (Å²) in [5.41, 5.74) is -1.24. The van der Waals surface area contributed by atoms with Crippen LogP contribution in [-0.2, 0) is 0 Å². The van der Waals surface area contributed by atoms with Gasteiger partial charge in [0.15, 0.2) is 11.5 Å². The third-order valence-electron chi connectivity index (χ3n) is 4.14. The van der Waals surface area contributed by atoms with Crippen LogP contribution in [-0.4, -0.2) is 32.7 Å². The average Bonchev–Trinajstić information content (AvgIpc) is 2.66. The number of rotatable bonds is 4. The van der Waals surface area contributed by atoms with Crippen LogP contribution in [0.15, 0.2) is 41.5 Å². The zero-order valence-electron chi connectivity index (χ0n) is 14.8. The first-order valence-electron chi connectivity index (χ1n) is 8.33. The fraction of sp³-hybridized carbons (Fsp3) is 0.222. The van der Waals surface area contributed by atoms with E-state index in [4.69, 9.17) is 23.2 Å². The van der Waals surface area contributed by atoms with Crippen molar-refractivity contribution in [2.45, 2.75) is 25.6 Å². The second-order valence-corrected chi connectivity index (χ2v) is 6.83. The number of hydrogen-bond acceptors (Lipinski definition) is 4. The predicted octanol–water partition coefficient (Wildman–Crippen LogP) is 4.16. The summed E-state index contributed by atoms with van der Waals surface area (Å²) in [7, 11) is 0. The number of alkyl halides is 3. The number of fused-ring (bicyclic) bond motifs is 1. The molecule has 0 saturated heterocycles. The number of pyridine rings is 3. The topological polar surface area (TPSA) is 76.9 Å². The van der Waals surface area contributed by atoms with Crippen molar-refractivity contribution in [1.82, 2.24) is 19.9 Å². The van der Waals surface area contributed by atoms with Gasteiger partial charge in [-0.15, -0.1) is 0 Å². The normalized spacial score (nSPS) is 12.8. The van der Waals surface area contributed by atoms with E-state index in [0.29, 0.717) is 0 Å². The average molecular weight is 445 g/mol. The number of halogens is 5. The van der Waals surface area contributed by atoms with Crippen LogP contribution in [0, 0.1) is 0 Å². The summed E-state index contributed by atoms with van der Waals surface area (Å²) in [5.74, 6) is -1.04. The molecule has 0 aliphatic heterocycles. The summed E-state index contributed by atoms with van der Waals surface area (Å²) in [5, 5.41) is 2.07. The van der Waals surface area contributed by atoms with Crippen molar-refractivity contribution >= 4 is 40.1 Å². The molecule has 1 N–H and O–H groups in total. The van der Waals surface area contributed by atoms with E-state index in [1.807, 2.05) is 5.32 Å². The second kappa shape index (κ2) is 8.00. The molecule has 1 atom stereocenters. The van der Waals surface area contributed by atoms with Crippen LogP contribution >= 0.6 is 23.2 Å². The van der Waals surface area contributed by atoms with E-state index in [2.05, 4.69) is 9.97 Å². The SMILES string of the molecule is CCC(NC(=O)c1cn(-c2ncccc2Cl)c2nc(Cl)ccc2c1=O)C(F)(F)F. The Morgan fingerprint density at radius 3 is 2.62 bits per heavy atom. The van der Waals surface area contributed by atoms with Crippen LogP contribution in [0.25, 0.3) is 16.9 Å². The summed E-state index contributed by atoms with van der Waals surface area (Å²) < 4.78 is 40.4. The monoisotopic (exact) mass is 444 g/mol. The Kier molecular flexibility index (Phi) is 5.81. The minimum Gasteiger partial charge on any atom is -0.340 e. The quantitative estimate of drug-likeness (QED) is 0.612. The van der Waals surface area contributed by atoms with Crippen LogP contribution in [0.1, 0.15) is 23.7 Å². The van der Waals surface area contributed by atoms with Crippen LogP contribution in [0.3, 0.4) is 0 Å². The van der Waals surface area contributed by atoms with Gasteiger partial charge in [0.25, 0.3) is 5.91 Å². The third-order valence-corrected chi connectivity index (χ3v) is 4.64. The molecule has 11 heteroatoms. The summed E-state index contributed by atoms with van der Waals surface area (Å²) in [6.07, 6.45) is -2.56. The number of carbonyl (C=O) groups is 1. The van der Waals surface area contributed by atoms with Gasteiger partial charge in [-0.05, 0) is 30.7 Å². The van der Waals surface area contributed by atoms with Gasteiger partial charge >= 0.3 is 6.18 Å². The van der Waals surface area contributed by atoms with Gasteiger partial charge in [0.05, 0.1) is 10.4 Å². The van der Waals surface area contributed by atoms with E-state index in [1.165, 1.54) is 35.9 Å². The second-order valence-electron chi connectivity index (χ2n) is 6.03. The van der Waals surface area contributed by atoms with Crippen LogP contribution in [0.2, 0.25) is 10.2 Å².